The van der Waals surface area contributed by atoms with Gasteiger partial charge in [-0.2, -0.15) is 0 Å². The SMILES string of the molecule is C=C/C(=C\C=C(/C)c1cc(-c2ccc(-c3ccccc3)cc2)nc(-n2c3ccc(-c4ccccc4)cc3c3ccc4c(c32)-c2ccccc2C42c3ccccc3-c3ccccc32)n1)c1ccccc1. The summed E-state index contributed by atoms with van der Waals surface area (Å²) in [4.78, 5) is 11.2. The highest BCUT2D eigenvalue weighted by Gasteiger charge is 2.52. The molecule has 2 aliphatic rings. The van der Waals surface area contributed by atoms with Crippen LogP contribution < -0.4 is 0 Å². The van der Waals surface area contributed by atoms with Crippen molar-refractivity contribution >= 4 is 33.0 Å². The number of aromatic nitrogens is 3. The van der Waals surface area contributed by atoms with Gasteiger partial charge in [-0.05, 0) is 103 Å². The van der Waals surface area contributed by atoms with Crippen molar-refractivity contribution in [2.24, 2.45) is 0 Å². The molecule has 0 unspecified atom stereocenters. The van der Waals surface area contributed by atoms with Gasteiger partial charge in [0.05, 0.1) is 27.8 Å². The third-order valence-corrected chi connectivity index (χ3v) is 14.4. The van der Waals surface area contributed by atoms with Gasteiger partial charge in [0.15, 0.2) is 0 Å². The number of rotatable bonds is 8. The van der Waals surface area contributed by atoms with Crippen molar-refractivity contribution in [3.8, 4) is 61.7 Å². The summed E-state index contributed by atoms with van der Waals surface area (Å²) in [6, 6.07) is 81.2. The first kappa shape index (κ1) is 40.4. The van der Waals surface area contributed by atoms with Crippen LogP contribution in [0, 0.1) is 0 Å². The standard InChI is InChI=1S/C66H45N3/c1-3-44(45-19-7-4-8-20-45)32-31-43(2)60-42-61(49-35-33-48(34-36-49)46-21-9-5-10-22-46)68-65(67-60)69-62-40-37-50(47-23-11-6-12-24-47)41-55(62)53-38-39-59-63(64(53)69)54-27-15-18-30-58(54)66(59)56-28-16-13-25-51(56)52-26-14-17-29-57(52)66/h3-42H,1H2,2H3/b43-31+,44-32+. The van der Waals surface area contributed by atoms with Crippen LogP contribution in [0.2, 0.25) is 0 Å². The first-order valence-corrected chi connectivity index (χ1v) is 23.7. The van der Waals surface area contributed by atoms with E-state index in [1.165, 1.54) is 55.6 Å². The molecule has 1 spiro atoms. The maximum absolute atomic E-state index is 5.61. The van der Waals surface area contributed by atoms with Crippen molar-refractivity contribution in [3.63, 3.8) is 0 Å². The van der Waals surface area contributed by atoms with Crippen LogP contribution in [0.15, 0.2) is 249 Å². The van der Waals surface area contributed by atoms with Gasteiger partial charge in [0.2, 0.25) is 5.95 Å². The molecule has 0 N–H and O–H groups in total. The van der Waals surface area contributed by atoms with E-state index < -0.39 is 5.41 Å². The van der Waals surface area contributed by atoms with E-state index in [9.17, 15) is 0 Å². The summed E-state index contributed by atoms with van der Waals surface area (Å²) in [5.41, 5.74) is 22.4. The van der Waals surface area contributed by atoms with E-state index in [1.54, 1.807) is 0 Å². The van der Waals surface area contributed by atoms with Gasteiger partial charge >= 0.3 is 0 Å². The van der Waals surface area contributed by atoms with E-state index in [4.69, 9.17) is 9.97 Å². The summed E-state index contributed by atoms with van der Waals surface area (Å²) in [5.74, 6) is 0.616. The zero-order chi connectivity index (χ0) is 46.1. The van der Waals surface area contributed by atoms with Crippen molar-refractivity contribution < 1.29 is 0 Å². The molecular weight excluding hydrogens is 835 g/mol. The lowest BCUT2D eigenvalue weighted by atomic mass is 9.70. The summed E-state index contributed by atoms with van der Waals surface area (Å²) in [6.45, 7) is 6.31. The lowest BCUT2D eigenvalue weighted by Crippen LogP contribution is -2.25. The van der Waals surface area contributed by atoms with Crippen LogP contribution in [0.25, 0.3) is 94.7 Å². The fraction of sp³-hybridized carbons (Fsp3) is 0.0303. The van der Waals surface area contributed by atoms with Crippen LogP contribution in [0.5, 0.6) is 0 Å². The first-order chi connectivity index (χ1) is 34.1. The summed E-state index contributed by atoms with van der Waals surface area (Å²) < 4.78 is 2.36. The van der Waals surface area contributed by atoms with E-state index in [0.29, 0.717) is 5.95 Å². The van der Waals surface area contributed by atoms with E-state index in [2.05, 4.69) is 249 Å². The smallest absolute Gasteiger partial charge is 0.235 e. The minimum atomic E-state index is -0.509. The highest BCUT2D eigenvalue weighted by atomic mass is 15.2. The second-order valence-corrected chi connectivity index (χ2v) is 18.1. The van der Waals surface area contributed by atoms with Crippen molar-refractivity contribution in [3.05, 3.63) is 283 Å². The molecule has 13 rings (SSSR count). The molecule has 9 aromatic carbocycles. The molecule has 3 nitrogen and oxygen atoms in total. The molecule has 0 saturated carbocycles. The predicted molar refractivity (Wildman–Crippen MR) is 287 cm³/mol. The molecule has 0 radical (unpaired) electrons. The highest BCUT2D eigenvalue weighted by Crippen LogP contribution is 2.64. The zero-order valence-corrected chi connectivity index (χ0v) is 38.1. The lowest BCUT2D eigenvalue weighted by Gasteiger charge is -2.30. The number of hydrogen-bond acceptors (Lipinski definition) is 2. The Bertz CT molecular complexity index is 3850. The van der Waals surface area contributed by atoms with Crippen LogP contribution in [-0.4, -0.2) is 14.5 Å². The number of fused-ring (bicyclic) bond motifs is 14. The van der Waals surface area contributed by atoms with Crippen molar-refractivity contribution in [2.45, 2.75) is 12.3 Å². The number of benzene rings is 9. The monoisotopic (exact) mass is 879 g/mol. The summed E-state index contributed by atoms with van der Waals surface area (Å²) in [7, 11) is 0. The van der Waals surface area contributed by atoms with Gasteiger partial charge in [-0.1, -0.05) is 231 Å². The largest absolute Gasteiger partial charge is 0.277 e. The third-order valence-electron chi connectivity index (χ3n) is 14.4. The third kappa shape index (κ3) is 6.28. The van der Waals surface area contributed by atoms with E-state index in [-0.39, 0.29) is 0 Å². The van der Waals surface area contributed by atoms with Gasteiger partial charge in [-0.15, -0.1) is 0 Å². The number of allylic oxidation sites excluding steroid dienone is 5. The summed E-state index contributed by atoms with van der Waals surface area (Å²) in [5, 5.41) is 2.31. The summed E-state index contributed by atoms with van der Waals surface area (Å²) >= 11 is 0. The van der Waals surface area contributed by atoms with E-state index >= 15 is 0 Å². The molecule has 324 valence electrons. The van der Waals surface area contributed by atoms with Gasteiger partial charge in [0.1, 0.15) is 0 Å². The molecule has 0 bridgehead atoms. The van der Waals surface area contributed by atoms with Gasteiger partial charge in [0.25, 0.3) is 0 Å². The minimum absolute atomic E-state index is 0.509. The average Bonchev–Trinajstić information content (AvgIpc) is 4.03. The van der Waals surface area contributed by atoms with Crippen molar-refractivity contribution in [1.82, 2.24) is 14.5 Å². The number of hydrogen-bond donors (Lipinski definition) is 0. The van der Waals surface area contributed by atoms with Crippen molar-refractivity contribution in [1.29, 1.82) is 0 Å². The second kappa shape index (κ2) is 16.2. The maximum Gasteiger partial charge on any atom is 0.235 e. The van der Waals surface area contributed by atoms with Gasteiger partial charge in [-0.25, -0.2) is 9.97 Å². The Morgan fingerprint density at radius 2 is 1.00 bits per heavy atom. The molecular formula is C66H45N3. The average molecular weight is 880 g/mol. The molecule has 0 amide bonds. The van der Waals surface area contributed by atoms with E-state index in [1.807, 2.05) is 12.1 Å². The fourth-order valence-electron chi connectivity index (χ4n) is 11.3. The molecule has 2 heterocycles. The molecule has 2 aliphatic carbocycles. The molecule has 0 aliphatic heterocycles. The Morgan fingerprint density at radius 3 is 1.65 bits per heavy atom. The van der Waals surface area contributed by atoms with Crippen molar-refractivity contribution in [2.75, 3.05) is 0 Å². The van der Waals surface area contributed by atoms with Gasteiger partial charge < -0.3 is 0 Å². The van der Waals surface area contributed by atoms with Crippen LogP contribution in [0.1, 0.15) is 40.4 Å². The number of nitrogens with zero attached hydrogens (tertiary/aromatic N) is 3. The molecule has 3 heteroatoms. The lowest BCUT2D eigenvalue weighted by molar-refractivity contribution is 0.794. The first-order valence-electron chi connectivity index (χ1n) is 23.7. The normalized spacial score (nSPS) is 13.3. The highest BCUT2D eigenvalue weighted by molar-refractivity contribution is 6.17. The Balaban J connectivity index is 1.11. The topological polar surface area (TPSA) is 30.7 Å². The van der Waals surface area contributed by atoms with Crippen LogP contribution in [0.4, 0.5) is 0 Å². The molecule has 0 fully saturated rings. The Labute approximate surface area is 402 Å². The molecule has 0 atom stereocenters. The maximum atomic E-state index is 5.61. The molecule has 69 heavy (non-hydrogen) atoms. The fourth-order valence-corrected chi connectivity index (χ4v) is 11.3. The second-order valence-electron chi connectivity index (χ2n) is 18.1. The Hall–Kier alpha value is -8.92. The van der Waals surface area contributed by atoms with Crippen LogP contribution in [-0.2, 0) is 5.41 Å². The van der Waals surface area contributed by atoms with Gasteiger partial charge in [-0.3, -0.25) is 4.57 Å². The Morgan fingerprint density at radius 1 is 0.464 bits per heavy atom. The predicted octanol–water partition coefficient (Wildman–Crippen LogP) is 16.6. The Kier molecular flexibility index (Phi) is 9.45. The van der Waals surface area contributed by atoms with E-state index in [0.717, 1.165) is 66.6 Å². The minimum Gasteiger partial charge on any atom is -0.277 e. The quantitative estimate of drug-likeness (QED) is 0.142. The zero-order valence-electron chi connectivity index (χ0n) is 38.1. The summed E-state index contributed by atoms with van der Waals surface area (Å²) in [6.07, 6.45) is 6.21. The van der Waals surface area contributed by atoms with Crippen LogP contribution in [0.3, 0.4) is 0 Å². The van der Waals surface area contributed by atoms with Crippen LogP contribution >= 0.6 is 0 Å². The van der Waals surface area contributed by atoms with Gasteiger partial charge in [0, 0.05) is 21.9 Å². The molecule has 0 saturated heterocycles. The molecule has 2 aromatic heterocycles. The molecule has 11 aromatic rings.